The third-order valence-corrected chi connectivity index (χ3v) is 2.19. The Morgan fingerprint density at radius 1 is 1.21 bits per heavy atom. The molecule has 0 aliphatic carbocycles. The van der Waals surface area contributed by atoms with E-state index >= 15 is 0 Å². The van der Waals surface area contributed by atoms with E-state index in [2.05, 4.69) is 0 Å². The number of carbonyl (C=O) groups is 2. The fourth-order valence-corrected chi connectivity index (χ4v) is 1.11. The summed E-state index contributed by atoms with van der Waals surface area (Å²) in [7, 11) is 0. The molecule has 0 unspecified atom stereocenters. The number of rotatable bonds is 5. The first-order valence-corrected chi connectivity index (χ1v) is 5.31. The van der Waals surface area contributed by atoms with E-state index in [0.29, 0.717) is 0 Å². The quantitative estimate of drug-likeness (QED) is 0.674. The minimum Gasteiger partial charge on any atom is -0.480 e. The Balaban J connectivity index is 4.50. The highest BCUT2D eigenvalue weighted by Crippen LogP contribution is 2.22. The van der Waals surface area contributed by atoms with Crippen molar-refractivity contribution < 1.29 is 32.3 Å². The SMILES string of the molecule is CC(C)(C)[C@@H](NC(=O)NCC(F)(F)C(F)F)C(=O)O. The molecule has 0 heterocycles. The number of amides is 2. The van der Waals surface area contributed by atoms with Crippen LogP contribution in [0.15, 0.2) is 0 Å². The molecule has 0 radical (unpaired) electrons. The molecule has 0 spiro atoms. The largest absolute Gasteiger partial charge is 0.480 e. The maximum absolute atomic E-state index is 12.5. The number of alkyl halides is 4. The molecule has 0 aromatic heterocycles. The number of aliphatic carboxylic acids is 1. The molecule has 5 nitrogen and oxygen atoms in total. The summed E-state index contributed by atoms with van der Waals surface area (Å²) in [4.78, 5) is 22.1. The molecular weight excluding hydrogens is 272 g/mol. The van der Waals surface area contributed by atoms with Crippen molar-refractivity contribution in [3.05, 3.63) is 0 Å². The second-order valence-corrected chi connectivity index (χ2v) is 5.03. The Kier molecular flexibility index (Phi) is 5.58. The molecule has 0 bridgehead atoms. The second-order valence-electron chi connectivity index (χ2n) is 5.03. The van der Waals surface area contributed by atoms with Crippen LogP contribution in [-0.4, -0.2) is 42.0 Å². The molecule has 0 aliphatic rings. The third-order valence-electron chi connectivity index (χ3n) is 2.19. The molecule has 0 saturated heterocycles. The summed E-state index contributed by atoms with van der Waals surface area (Å²) < 4.78 is 48.7. The fourth-order valence-electron chi connectivity index (χ4n) is 1.11. The van der Waals surface area contributed by atoms with Gasteiger partial charge in [0, 0.05) is 0 Å². The molecule has 9 heteroatoms. The molecule has 2 amide bonds. The number of carboxylic acid groups (broad SMARTS) is 1. The first-order chi connectivity index (χ1) is 8.38. The zero-order chi connectivity index (χ0) is 15.4. The van der Waals surface area contributed by atoms with Gasteiger partial charge < -0.3 is 15.7 Å². The van der Waals surface area contributed by atoms with Gasteiger partial charge in [-0.1, -0.05) is 20.8 Å². The van der Waals surface area contributed by atoms with E-state index in [9.17, 15) is 27.2 Å². The number of nitrogens with one attached hydrogen (secondary N) is 2. The Hall–Kier alpha value is -1.54. The Labute approximate surface area is 107 Å². The van der Waals surface area contributed by atoms with Crippen molar-refractivity contribution in [3.63, 3.8) is 0 Å². The first-order valence-electron chi connectivity index (χ1n) is 5.31. The van der Waals surface area contributed by atoms with Gasteiger partial charge in [-0.3, -0.25) is 0 Å². The zero-order valence-electron chi connectivity index (χ0n) is 10.6. The van der Waals surface area contributed by atoms with E-state index in [4.69, 9.17) is 5.11 Å². The Morgan fingerprint density at radius 2 is 1.68 bits per heavy atom. The fraction of sp³-hybridized carbons (Fsp3) is 0.800. The minimum atomic E-state index is -4.36. The van der Waals surface area contributed by atoms with Crippen LogP contribution >= 0.6 is 0 Å². The van der Waals surface area contributed by atoms with Crippen LogP contribution in [0.5, 0.6) is 0 Å². The Morgan fingerprint density at radius 3 is 2.00 bits per heavy atom. The van der Waals surface area contributed by atoms with Crippen LogP contribution < -0.4 is 10.6 Å². The van der Waals surface area contributed by atoms with Crippen molar-refractivity contribution in [1.29, 1.82) is 0 Å². The number of carboxylic acids is 1. The van der Waals surface area contributed by atoms with E-state index in [-0.39, 0.29) is 0 Å². The van der Waals surface area contributed by atoms with Crippen molar-refractivity contribution in [2.75, 3.05) is 6.54 Å². The summed E-state index contributed by atoms with van der Waals surface area (Å²) in [6.07, 6.45) is -3.91. The van der Waals surface area contributed by atoms with Gasteiger partial charge >= 0.3 is 24.3 Å². The highest BCUT2D eigenvalue weighted by Gasteiger charge is 2.41. The van der Waals surface area contributed by atoms with Crippen LogP contribution in [0.25, 0.3) is 0 Å². The summed E-state index contributed by atoms with van der Waals surface area (Å²) in [6, 6.07) is -2.59. The Bertz CT molecular complexity index is 342. The molecule has 112 valence electrons. The van der Waals surface area contributed by atoms with Crippen molar-refractivity contribution >= 4 is 12.0 Å². The van der Waals surface area contributed by atoms with Gasteiger partial charge in [-0.25, -0.2) is 18.4 Å². The molecule has 0 aromatic rings. The summed E-state index contributed by atoms with van der Waals surface area (Å²) in [5.74, 6) is -5.72. The lowest BCUT2D eigenvalue weighted by Crippen LogP contribution is -2.54. The second kappa shape index (κ2) is 6.07. The predicted molar refractivity (Wildman–Crippen MR) is 58.4 cm³/mol. The molecule has 19 heavy (non-hydrogen) atoms. The van der Waals surface area contributed by atoms with Gasteiger partial charge in [0.05, 0.1) is 6.54 Å². The maximum Gasteiger partial charge on any atom is 0.326 e. The molecule has 0 rings (SSSR count). The lowest BCUT2D eigenvalue weighted by molar-refractivity contribution is -0.142. The molecule has 0 saturated carbocycles. The van der Waals surface area contributed by atoms with E-state index < -0.39 is 42.3 Å². The molecule has 1 atom stereocenters. The van der Waals surface area contributed by atoms with Gasteiger partial charge in [0.1, 0.15) is 6.04 Å². The van der Waals surface area contributed by atoms with Gasteiger partial charge in [-0.2, -0.15) is 8.78 Å². The van der Waals surface area contributed by atoms with E-state index in [1.807, 2.05) is 5.32 Å². The molecule has 0 aromatic carbocycles. The molecule has 0 aliphatic heterocycles. The van der Waals surface area contributed by atoms with Gasteiger partial charge in [0.2, 0.25) is 0 Å². The number of hydrogen-bond acceptors (Lipinski definition) is 2. The lowest BCUT2D eigenvalue weighted by Gasteiger charge is -2.28. The average Bonchev–Trinajstić information content (AvgIpc) is 2.20. The van der Waals surface area contributed by atoms with E-state index in [1.54, 1.807) is 0 Å². The maximum atomic E-state index is 12.5. The molecule has 0 fully saturated rings. The van der Waals surface area contributed by atoms with Crippen LogP contribution in [0.4, 0.5) is 22.4 Å². The normalized spacial score (nSPS) is 14.1. The predicted octanol–water partition coefficient (Wildman–Crippen LogP) is 1.69. The van der Waals surface area contributed by atoms with E-state index in [1.165, 1.54) is 26.1 Å². The third kappa shape index (κ3) is 5.75. The summed E-state index contributed by atoms with van der Waals surface area (Å²) >= 11 is 0. The zero-order valence-corrected chi connectivity index (χ0v) is 10.6. The molecule has 3 N–H and O–H groups in total. The highest BCUT2D eigenvalue weighted by atomic mass is 19.3. The number of hydrogen-bond donors (Lipinski definition) is 3. The smallest absolute Gasteiger partial charge is 0.326 e. The molecular formula is C10H16F4N2O3. The van der Waals surface area contributed by atoms with Gasteiger partial charge in [0.15, 0.2) is 0 Å². The number of halogens is 4. The summed E-state index contributed by atoms with van der Waals surface area (Å²) in [6.45, 7) is 2.96. The first kappa shape index (κ1) is 17.5. The van der Waals surface area contributed by atoms with Crippen LogP contribution in [0.2, 0.25) is 0 Å². The van der Waals surface area contributed by atoms with Crippen molar-refractivity contribution in [2.45, 2.75) is 39.2 Å². The number of urea groups is 1. The van der Waals surface area contributed by atoms with Crippen LogP contribution in [0.3, 0.4) is 0 Å². The van der Waals surface area contributed by atoms with Crippen LogP contribution in [0.1, 0.15) is 20.8 Å². The van der Waals surface area contributed by atoms with Crippen LogP contribution in [0, 0.1) is 5.41 Å². The minimum absolute atomic E-state index is 0.867. The lowest BCUT2D eigenvalue weighted by atomic mass is 9.87. The standard InChI is InChI=1S/C10H16F4N2O3/c1-9(2,3)5(6(17)18)16-8(19)15-4-10(13,14)7(11)12/h5,7H,4H2,1-3H3,(H,17,18)(H2,15,16,19)/t5-/m0/s1. The van der Waals surface area contributed by atoms with Crippen LogP contribution in [-0.2, 0) is 4.79 Å². The summed E-state index contributed by atoms with van der Waals surface area (Å²) in [5.41, 5.74) is -0.867. The topological polar surface area (TPSA) is 78.4 Å². The average molecular weight is 288 g/mol. The van der Waals surface area contributed by atoms with Gasteiger partial charge in [0.25, 0.3) is 0 Å². The summed E-state index contributed by atoms with van der Waals surface area (Å²) in [5, 5.41) is 12.3. The van der Waals surface area contributed by atoms with Crippen molar-refractivity contribution in [2.24, 2.45) is 5.41 Å². The number of carbonyl (C=O) groups excluding carboxylic acids is 1. The monoisotopic (exact) mass is 288 g/mol. The highest BCUT2D eigenvalue weighted by molar-refractivity contribution is 5.83. The van der Waals surface area contributed by atoms with Crippen molar-refractivity contribution in [3.8, 4) is 0 Å². The van der Waals surface area contributed by atoms with E-state index in [0.717, 1.165) is 0 Å². The van der Waals surface area contributed by atoms with Gasteiger partial charge in [-0.05, 0) is 5.41 Å². The van der Waals surface area contributed by atoms with Gasteiger partial charge in [-0.15, -0.1) is 0 Å². The van der Waals surface area contributed by atoms with Crippen molar-refractivity contribution in [1.82, 2.24) is 10.6 Å².